The molecule has 0 aliphatic carbocycles. The number of hydrogen-bond donors (Lipinski definition) is 0. The fraction of sp³-hybridized carbons (Fsp3) is 0.500. The summed E-state index contributed by atoms with van der Waals surface area (Å²) in [6.45, 7) is 2.18. The van der Waals surface area contributed by atoms with E-state index in [0.717, 1.165) is 0 Å². The highest BCUT2D eigenvalue weighted by atomic mass is 79.9. The van der Waals surface area contributed by atoms with Gasteiger partial charge in [-0.05, 0) is 22.0 Å². The Morgan fingerprint density at radius 2 is 1.79 bits per heavy atom. The minimum absolute atomic E-state index is 0.0170. The summed E-state index contributed by atoms with van der Waals surface area (Å²) in [5, 5.41) is 0. The molecule has 2 rings (SSSR count). The Morgan fingerprint density at radius 1 is 1.21 bits per heavy atom. The lowest BCUT2D eigenvalue weighted by Gasteiger charge is -2.35. The van der Waals surface area contributed by atoms with Crippen molar-refractivity contribution in [2.24, 2.45) is 0 Å². The van der Waals surface area contributed by atoms with E-state index in [0.29, 0.717) is 36.4 Å². The van der Waals surface area contributed by atoms with E-state index in [2.05, 4.69) is 15.9 Å². The van der Waals surface area contributed by atoms with Crippen molar-refractivity contribution in [3.8, 4) is 0 Å². The van der Waals surface area contributed by atoms with Gasteiger partial charge < -0.3 is 19.1 Å². The van der Waals surface area contributed by atoms with Gasteiger partial charge in [0.2, 0.25) is 0 Å². The highest BCUT2D eigenvalue weighted by Crippen LogP contribution is 2.20. The van der Waals surface area contributed by atoms with Crippen molar-refractivity contribution in [1.82, 2.24) is 14.7 Å². The van der Waals surface area contributed by atoms with E-state index >= 15 is 0 Å². The Labute approximate surface area is 120 Å². The predicted molar refractivity (Wildman–Crippen MR) is 73.0 cm³/mol. The average molecular weight is 330 g/mol. The molecule has 7 heteroatoms. The van der Waals surface area contributed by atoms with Crippen molar-refractivity contribution >= 4 is 27.9 Å². The maximum absolute atomic E-state index is 12.2. The molecule has 0 aromatic carbocycles. The topological polar surface area (TPSA) is 57.0 Å². The van der Waals surface area contributed by atoms with Crippen LogP contribution in [0.1, 0.15) is 10.4 Å². The standard InChI is InChI=1S/C12H16BrN3O3/c1-14(2)12(18)16-6-4-15(5-7-16)11(17)9-3-8-19-10(9)13/h3,8H,4-7H2,1-2H3. The fourth-order valence-corrected chi connectivity index (χ4v) is 2.41. The molecule has 1 saturated heterocycles. The maximum Gasteiger partial charge on any atom is 0.319 e. The summed E-state index contributed by atoms with van der Waals surface area (Å²) in [6, 6.07) is 1.63. The lowest BCUT2D eigenvalue weighted by atomic mass is 10.2. The maximum atomic E-state index is 12.2. The van der Waals surface area contributed by atoms with Gasteiger partial charge in [0, 0.05) is 40.3 Å². The highest BCUT2D eigenvalue weighted by molar-refractivity contribution is 9.10. The summed E-state index contributed by atoms with van der Waals surface area (Å²) in [7, 11) is 3.45. The van der Waals surface area contributed by atoms with Crippen molar-refractivity contribution in [3.63, 3.8) is 0 Å². The summed E-state index contributed by atoms with van der Waals surface area (Å²) in [6.07, 6.45) is 1.48. The number of hydrogen-bond acceptors (Lipinski definition) is 3. The quantitative estimate of drug-likeness (QED) is 0.784. The third kappa shape index (κ3) is 2.91. The van der Waals surface area contributed by atoms with Gasteiger partial charge in [-0.15, -0.1) is 0 Å². The number of carbonyl (C=O) groups is 2. The van der Waals surface area contributed by atoms with Gasteiger partial charge in [-0.3, -0.25) is 4.79 Å². The first-order chi connectivity index (χ1) is 9.00. The van der Waals surface area contributed by atoms with E-state index in [1.54, 1.807) is 34.9 Å². The third-order valence-corrected chi connectivity index (χ3v) is 3.68. The second-order valence-corrected chi connectivity index (χ2v) is 5.28. The number of urea groups is 1. The summed E-state index contributed by atoms with van der Waals surface area (Å²) in [5.74, 6) is -0.0717. The van der Waals surface area contributed by atoms with Crippen molar-refractivity contribution in [2.75, 3.05) is 40.3 Å². The molecule has 6 nitrogen and oxygen atoms in total. The number of halogens is 1. The fourth-order valence-electron chi connectivity index (χ4n) is 2.00. The van der Waals surface area contributed by atoms with Crippen LogP contribution in [0.4, 0.5) is 4.79 Å². The van der Waals surface area contributed by atoms with Crippen LogP contribution in [0.3, 0.4) is 0 Å². The second-order valence-electron chi connectivity index (χ2n) is 4.56. The van der Waals surface area contributed by atoms with Crippen LogP contribution >= 0.6 is 15.9 Å². The zero-order chi connectivity index (χ0) is 14.0. The van der Waals surface area contributed by atoms with Crippen LogP contribution in [0.25, 0.3) is 0 Å². The number of nitrogens with zero attached hydrogens (tertiary/aromatic N) is 3. The van der Waals surface area contributed by atoms with Crippen molar-refractivity contribution in [3.05, 3.63) is 22.6 Å². The third-order valence-electron chi connectivity index (χ3n) is 3.07. The van der Waals surface area contributed by atoms with Gasteiger partial charge in [-0.2, -0.15) is 0 Å². The van der Waals surface area contributed by atoms with Crippen molar-refractivity contribution in [2.45, 2.75) is 0 Å². The van der Waals surface area contributed by atoms with Gasteiger partial charge in [-0.1, -0.05) is 0 Å². The molecule has 1 fully saturated rings. The summed E-state index contributed by atoms with van der Waals surface area (Å²) in [4.78, 5) is 29.0. The van der Waals surface area contributed by atoms with Crippen LogP contribution in [0.2, 0.25) is 0 Å². The SMILES string of the molecule is CN(C)C(=O)N1CCN(C(=O)c2ccoc2Br)CC1. The first kappa shape index (κ1) is 13.9. The van der Waals surface area contributed by atoms with Gasteiger partial charge in [0.05, 0.1) is 11.8 Å². The predicted octanol–water partition coefficient (Wildman–Crippen LogP) is 1.48. The van der Waals surface area contributed by atoms with E-state index < -0.39 is 0 Å². The Bertz CT molecular complexity index is 478. The molecular weight excluding hydrogens is 314 g/mol. The lowest BCUT2D eigenvalue weighted by Crippen LogP contribution is -2.52. The second kappa shape index (κ2) is 5.64. The van der Waals surface area contributed by atoms with Gasteiger partial charge in [0.1, 0.15) is 0 Å². The van der Waals surface area contributed by atoms with E-state index in [1.165, 1.54) is 6.26 Å². The number of amides is 3. The Kier molecular flexibility index (Phi) is 4.14. The molecule has 19 heavy (non-hydrogen) atoms. The van der Waals surface area contributed by atoms with E-state index in [4.69, 9.17) is 4.42 Å². The Balaban J connectivity index is 1.95. The van der Waals surface area contributed by atoms with Gasteiger partial charge in [-0.25, -0.2) is 4.79 Å². The molecule has 3 amide bonds. The first-order valence-electron chi connectivity index (χ1n) is 5.99. The minimum Gasteiger partial charge on any atom is -0.457 e. The highest BCUT2D eigenvalue weighted by Gasteiger charge is 2.27. The molecule has 1 aromatic rings. The van der Waals surface area contributed by atoms with Gasteiger partial charge in [0.25, 0.3) is 5.91 Å². The minimum atomic E-state index is -0.0717. The van der Waals surface area contributed by atoms with Gasteiger partial charge >= 0.3 is 6.03 Å². The molecule has 1 aliphatic heterocycles. The molecule has 0 spiro atoms. The molecule has 0 N–H and O–H groups in total. The van der Waals surface area contributed by atoms with Crippen LogP contribution in [-0.4, -0.2) is 66.9 Å². The zero-order valence-electron chi connectivity index (χ0n) is 10.9. The van der Waals surface area contributed by atoms with Gasteiger partial charge in [0.15, 0.2) is 4.67 Å². The molecule has 2 heterocycles. The van der Waals surface area contributed by atoms with Crippen LogP contribution in [0.5, 0.6) is 0 Å². The molecule has 0 bridgehead atoms. The largest absolute Gasteiger partial charge is 0.457 e. The molecule has 104 valence electrons. The normalized spacial score (nSPS) is 15.5. The number of carbonyl (C=O) groups excluding carboxylic acids is 2. The summed E-state index contributed by atoms with van der Waals surface area (Å²) in [5.41, 5.74) is 0.521. The first-order valence-corrected chi connectivity index (χ1v) is 6.78. The smallest absolute Gasteiger partial charge is 0.319 e. The average Bonchev–Trinajstić information content (AvgIpc) is 2.83. The van der Waals surface area contributed by atoms with Crippen LogP contribution in [0, 0.1) is 0 Å². The molecule has 0 unspecified atom stereocenters. The van der Waals surface area contributed by atoms with Crippen molar-refractivity contribution < 1.29 is 14.0 Å². The Morgan fingerprint density at radius 3 is 2.26 bits per heavy atom. The molecule has 0 radical (unpaired) electrons. The number of rotatable bonds is 1. The molecule has 1 aliphatic rings. The zero-order valence-corrected chi connectivity index (χ0v) is 12.5. The van der Waals surface area contributed by atoms with Crippen molar-refractivity contribution in [1.29, 1.82) is 0 Å². The van der Waals surface area contributed by atoms with E-state index in [-0.39, 0.29) is 11.9 Å². The van der Waals surface area contributed by atoms with Crippen LogP contribution in [-0.2, 0) is 0 Å². The van der Waals surface area contributed by atoms with Crippen LogP contribution < -0.4 is 0 Å². The summed E-state index contributed by atoms with van der Waals surface area (Å²) < 4.78 is 5.51. The Hall–Kier alpha value is -1.50. The lowest BCUT2D eigenvalue weighted by molar-refractivity contribution is 0.0648. The molecule has 0 saturated carbocycles. The summed E-state index contributed by atoms with van der Waals surface area (Å²) >= 11 is 3.20. The number of piperazine rings is 1. The van der Waals surface area contributed by atoms with E-state index in [1.807, 2.05) is 0 Å². The monoisotopic (exact) mass is 329 g/mol. The molecule has 0 atom stereocenters. The van der Waals surface area contributed by atoms with E-state index in [9.17, 15) is 9.59 Å². The number of furan rings is 1. The van der Waals surface area contributed by atoms with Crippen LogP contribution in [0.15, 0.2) is 21.4 Å². The molecular formula is C12H16BrN3O3. The molecule has 1 aromatic heterocycles.